The standard InChI is InChI=1S/C20H24N2O4S/c23-19(16-8-3-1-4-9-16)14-21-20(24)17-10-7-13-22(15-17)27(25,26)18-11-5-2-6-12-18/h1-6,8-9,11-12,17,19,23H,7,10,13-15H2,(H,21,24)/t17-,19-/m1/s1. The number of rotatable bonds is 6. The van der Waals surface area contributed by atoms with Crippen LogP contribution in [0, 0.1) is 5.92 Å². The summed E-state index contributed by atoms with van der Waals surface area (Å²) in [5.41, 5.74) is 0.731. The molecule has 0 bridgehead atoms. The number of piperidine rings is 1. The molecular formula is C20H24N2O4S. The third-order valence-corrected chi connectivity index (χ3v) is 6.67. The zero-order valence-corrected chi connectivity index (χ0v) is 15.8. The largest absolute Gasteiger partial charge is 0.387 e. The fourth-order valence-electron chi connectivity index (χ4n) is 3.25. The van der Waals surface area contributed by atoms with Gasteiger partial charge in [-0.05, 0) is 30.5 Å². The molecule has 1 aliphatic heterocycles. The molecule has 2 aromatic rings. The van der Waals surface area contributed by atoms with E-state index in [4.69, 9.17) is 0 Å². The molecule has 0 spiro atoms. The van der Waals surface area contributed by atoms with Crippen molar-refractivity contribution in [1.29, 1.82) is 0 Å². The van der Waals surface area contributed by atoms with Gasteiger partial charge >= 0.3 is 0 Å². The lowest BCUT2D eigenvalue weighted by atomic mass is 9.98. The summed E-state index contributed by atoms with van der Waals surface area (Å²) in [5, 5.41) is 12.9. The van der Waals surface area contributed by atoms with Crippen LogP contribution in [0.1, 0.15) is 24.5 Å². The maximum atomic E-state index is 12.8. The van der Waals surface area contributed by atoms with Gasteiger partial charge in [-0.1, -0.05) is 48.5 Å². The number of sulfonamides is 1. The summed E-state index contributed by atoms with van der Waals surface area (Å²) < 4.78 is 26.9. The van der Waals surface area contributed by atoms with Crippen molar-refractivity contribution in [2.45, 2.75) is 23.8 Å². The minimum atomic E-state index is -3.60. The first-order valence-corrected chi connectivity index (χ1v) is 10.5. The van der Waals surface area contributed by atoms with Crippen LogP contribution in [0.4, 0.5) is 0 Å². The van der Waals surface area contributed by atoms with Gasteiger partial charge in [0.1, 0.15) is 0 Å². The van der Waals surface area contributed by atoms with Gasteiger partial charge < -0.3 is 10.4 Å². The van der Waals surface area contributed by atoms with Crippen LogP contribution in [-0.4, -0.2) is 43.4 Å². The molecule has 0 aliphatic carbocycles. The van der Waals surface area contributed by atoms with Gasteiger partial charge in [0.25, 0.3) is 0 Å². The second-order valence-electron chi connectivity index (χ2n) is 6.69. The number of carbonyl (C=O) groups is 1. The molecular weight excluding hydrogens is 364 g/mol. The predicted molar refractivity (Wildman–Crippen MR) is 102 cm³/mol. The van der Waals surface area contributed by atoms with Crippen LogP contribution in [0.15, 0.2) is 65.6 Å². The Labute approximate surface area is 159 Å². The quantitative estimate of drug-likeness (QED) is 0.792. The number of amides is 1. The van der Waals surface area contributed by atoms with Crippen LogP contribution < -0.4 is 5.32 Å². The van der Waals surface area contributed by atoms with Gasteiger partial charge in [-0.15, -0.1) is 0 Å². The van der Waals surface area contributed by atoms with Crippen molar-refractivity contribution in [3.8, 4) is 0 Å². The molecule has 3 rings (SSSR count). The van der Waals surface area contributed by atoms with Crippen molar-refractivity contribution >= 4 is 15.9 Å². The molecule has 1 aliphatic rings. The molecule has 0 aromatic heterocycles. The second-order valence-corrected chi connectivity index (χ2v) is 8.62. The van der Waals surface area contributed by atoms with Crippen LogP contribution in [-0.2, 0) is 14.8 Å². The molecule has 0 unspecified atom stereocenters. The molecule has 1 saturated heterocycles. The highest BCUT2D eigenvalue weighted by atomic mass is 32.2. The summed E-state index contributed by atoms with van der Waals surface area (Å²) in [6.07, 6.45) is 0.474. The Morgan fingerprint density at radius 2 is 1.74 bits per heavy atom. The van der Waals surface area contributed by atoms with Gasteiger partial charge in [0.2, 0.25) is 15.9 Å². The lowest BCUT2D eigenvalue weighted by Gasteiger charge is -2.31. The monoisotopic (exact) mass is 388 g/mol. The van der Waals surface area contributed by atoms with Crippen LogP contribution in [0.3, 0.4) is 0 Å². The first kappa shape index (κ1) is 19.5. The van der Waals surface area contributed by atoms with Crippen molar-refractivity contribution in [2.24, 2.45) is 5.92 Å². The van der Waals surface area contributed by atoms with E-state index in [-0.39, 0.29) is 23.9 Å². The Kier molecular flexibility index (Phi) is 6.26. The zero-order chi connectivity index (χ0) is 19.3. The molecule has 6 nitrogen and oxygen atoms in total. The number of nitrogens with one attached hydrogen (secondary N) is 1. The average Bonchev–Trinajstić information content (AvgIpc) is 2.73. The number of nitrogens with zero attached hydrogens (tertiary/aromatic N) is 1. The Morgan fingerprint density at radius 1 is 1.11 bits per heavy atom. The molecule has 2 atom stereocenters. The molecule has 7 heteroatoms. The Hall–Kier alpha value is -2.22. The summed E-state index contributed by atoms with van der Waals surface area (Å²) >= 11 is 0. The van der Waals surface area contributed by atoms with Gasteiger partial charge in [0.05, 0.1) is 16.9 Å². The smallest absolute Gasteiger partial charge is 0.243 e. The van der Waals surface area contributed by atoms with Gasteiger partial charge in [-0.2, -0.15) is 4.31 Å². The van der Waals surface area contributed by atoms with Gasteiger partial charge in [0, 0.05) is 19.6 Å². The number of carbonyl (C=O) groups excluding carboxylic acids is 1. The minimum Gasteiger partial charge on any atom is -0.387 e. The number of aliphatic hydroxyl groups excluding tert-OH is 1. The predicted octanol–water partition coefficient (Wildman–Crippen LogP) is 1.94. The summed E-state index contributed by atoms with van der Waals surface area (Å²) in [4.78, 5) is 12.7. The van der Waals surface area contributed by atoms with Crippen LogP contribution in [0.2, 0.25) is 0 Å². The number of benzene rings is 2. The lowest BCUT2D eigenvalue weighted by molar-refractivity contribution is -0.126. The van der Waals surface area contributed by atoms with Crippen LogP contribution in [0.5, 0.6) is 0 Å². The van der Waals surface area contributed by atoms with Gasteiger partial charge in [-0.25, -0.2) is 8.42 Å². The maximum Gasteiger partial charge on any atom is 0.243 e. The molecule has 2 N–H and O–H groups in total. The highest BCUT2D eigenvalue weighted by molar-refractivity contribution is 7.89. The molecule has 1 heterocycles. The van der Waals surface area contributed by atoms with Gasteiger partial charge in [-0.3, -0.25) is 4.79 Å². The summed E-state index contributed by atoms with van der Waals surface area (Å²) in [7, 11) is -3.60. The third-order valence-electron chi connectivity index (χ3n) is 4.79. The number of hydrogen-bond donors (Lipinski definition) is 2. The molecule has 1 fully saturated rings. The Morgan fingerprint density at radius 3 is 2.41 bits per heavy atom. The van der Waals surface area contributed by atoms with E-state index >= 15 is 0 Å². The Bertz CT molecular complexity index is 856. The van der Waals surface area contributed by atoms with E-state index in [0.29, 0.717) is 19.4 Å². The molecule has 2 aromatic carbocycles. The molecule has 1 amide bonds. The van der Waals surface area contributed by atoms with E-state index in [0.717, 1.165) is 5.56 Å². The molecule has 144 valence electrons. The zero-order valence-electron chi connectivity index (χ0n) is 15.0. The van der Waals surface area contributed by atoms with Crippen molar-refractivity contribution in [3.05, 3.63) is 66.2 Å². The lowest BCUT2D eigenvalue weighted by Crippen LogP contribution is -2.46. The van der Waals surface area contributed by atoms with E-state index < -0.39 is 22.0 Å². The van der Waals surface area contributed by atoms with Crippen molar-refractivity contribution < 1.29 is 18.3 Å². The fraction of sp³-hybridized carbons (Fsp3) is 0.350. The van der Waals surface area contributed by atoms with E-state index in [1.807, 2.05) is 18.2 Å². The molecule has 0 saturated carbocycles. The summed E-state index contributed by atoms with van der Waals surface area (Å²) in [5.74, 6) is -0.641. The maximum absolute atomic E-state index is 12.8. The normalized spacial score (nSPS) is 19.4. The van der Waals surface area contributed by atoms with E-state index in [1.165, 1.54) is 4.31 Å². The first-order chi connectivity index (χ1) is 13.0. The topological polar surface area (TPSA) is 86.7 Å². The van der Waals surface area contributed by atoms with Crippen molar-refractivity contribution in [1.82, 2.24) is 9.62 Å². The van der Waals surface area contributed by atoms with Gasteiger partial charge in [0.15, 0.2) is 0 Å². The average molecular weight is 388 g/mol. The van der Waals surface area contributed by atoms with E-state index in [9.17, 15) is 18.3 Å². The second kappa shape index (κ2) is 8.65. The van der Waals surface area contributed by atoms with E-state index in [2.05, 4.69) is 5.32 Å². The summed E-state index contributed by atoms with van der Waals surface area (Å²) in [6.45, 7) is 0.670. The Balaban J connectivity index is 1.60. The molecule has 27 heavy (non-hydrogen) atoms. The molecule has 0 radical (unpaired) electrons. The number of hydrogen-bond acceptors (Lipinski definition) is 4. The highest BCUT2D eigenvalue weighted by Crippen LogP contribution is 2.24. The van der Waals surface area contributed by atoms with Crippen LogP contribution in [0.25, 0.3) is 0 Å². The third kappa shape index (κ3) is 4.74. The summed E-state index contributed by atoms with van der Waals surface area (Å²) in [6, 6.07) is 17.4. The SMILES string of the molecule is O=C(NC[C@@H](O)c1ccccc1)[C@@H]1CCCN(S(=O)(=O)c2ccccc2)C1. The number of aliphatic hydroxyl groups is 1. The van der Waals surface area contributed by atoms with Crippen molar-refractivity contribution in [2.75, 3.05) is 19.6 Å². The fourth-order valence-corrected chi connectivity index (χ4v) is 4.80. The van der Waals surface area contributed by atoms with Crippen molar-refractivity contribution in [3.63, 3.8) is 0 Å². The minimum absolute atomic E-state index is 0.102. The first-order valence-electron chi connectivity index (χ1n) is 9.04. The van der Waals surface area contributed by atoms with E-state index in [1.54, 1.807) is 42.5 Å². The highest BCUT2D eigenvalue weighted by Gasteiger charge is 2.33. The van der Waals surface area contributed by atoms with Crippen LogP contribution >= 0.6 is 0 Å².